The van der Waals surface area contributed by atoms with Gasteiger partial charge in [-0.1, -0.05) is 19.3 Å². The van der Waals surface area contributed by atoms with Gasteiger partial charge >= 0.3 is 0 Å². The first-order valence-electron chi connectivity index (χ1n) is 10.2. The fraction of sp³-hybridized carbons (Fsp3) is 0.950. The molecule has 0 aromatic carbocycles. The van der Waals surface area contributed by atoms with E-state index in [0.29, 0.717) is 30.0 Å². The minimum absolute atomic E-state index is 0.397. The molecule has 2 saturated carbocycles. The second kappa shape index (κ2) is 8.18. The average Bonchev–Trinajstić information content (AvgIpc) is 2.57. The Kier molecular flexibility index (Phi) is 6.20. The van der Waals surface area contributed by atoms with Crippen molar-refractivity contribution in [2.45, 2.75) is 82.3 Å². The predicted octanol–water partition coefficient (Wildman–Crippen LogP) is 2.97. The topological polar surface area (TPSA) is 26.8 Å². The largest absolute Gasteiger partial charge is 0.341 e. The van der Waals surface area contributed by atoms with E-state index in [4.69, 9.17) is 0 Å². The van der Waals surface area contributed by atoms with E-state index in [1.807, 2.05) is 0 Å². The van der Waals surface area contributed by atoms with Crippen LogP contribution in [0, 0.1) is 5.92 Å². The third kappa shape index (κ3) is 4.13. The molecule has 1 heterocycles. The lowest BCUT2D eigenvalue weighted by atomic mass is 9.82. The molecule has 1 aliphatic heterocycles. The van der Waals surface area contributed by atoms with Crippen LogP contribution in [0.2, 0.25) is 0 Å². The molecule has 0 radical (unpaired) electrons. The highest BCUT2D eigenvalue weighted by Gasteiger charge is 2.37. The molecule has 4 heteroatoms. The normalized spacial score (nSPS) is 30.3. The highest BCUT2D eigenvalue weighted by atomic mass is 16.2. The van der Waals surface area contributed by atoms with Crippen LogP contribution in [0.5, 0.6) is 0 Å². The number of carbonyl (C=O) groups is 1. The fourth-order valence-corrected chi connectivity index (χ4v) is 4.96. The van der Waals surface area contributed by atoms with E-state index >= 15 is 0 Å². The van der Waals surface area contributed by atoms with Crippen LogP contribution in [0.3, 0.4) is 0 Å². The summed E-state index contributed by atoms with van der Waals surface area (Å²) in [5.41, 5.74) is 0. The van der Waals surface area contributed by atoms with Crippen LogP contribution >= 0.6 is 0 Å². The molecule has 3 fully saturated rings. The van der Waals surface area contributed by atoms with Gasteiger partial charge < -0.3 is 9.80 Å². The molecule has 0 bridgehead atoms. The van der Waals surface area contributed by atoms with Crippen molar-refractivity contribution in [3.05, 3.63) is 0 Å². The van der Waals surface area contributed by atoms with E-state index < -0.39 is 0 Å². The number of hydrogen-bond donors (Lipinski definition) is 0. The third-order valence-corrected chi connectivity index (χ3v) is 7.06. The summed E-state index contributed by atoms with van der Waals surface area (Å²) < 4.78 is 0. The first-order valence-corrected chi connectivity index (χ1v) is 10.2. The minimum Gasteiger partial charge on any atom is -0.341 e. The Labute approximate surface area is 148 Å². The van der Waals surface area contributed by atoms with E-state index in [-0.39, 0.29) is 0 Å². The first-order chi connectivity index (χ1) is 11.6. The number of likely N-dealkylation sites (N-methyl/N-ethyl adjacent to an activating group) is 2. The number of hydrogen-bond acceptors (Lipinski definition) is 3. The van der Waals surface area contributed by atoms with Crippen molar-refractivity contribution in [3.8, 4) is 0 Å². The van der Waals surface area contributed by atoms with Crippen molar-refractivity contribution in [1.82, 2.24) is 14.7 Å². The van der Waals surface area contributed by atoms with Gasteiger partial charge in [0.15, 0.2) is 0 Å². The zero-order chi connectivity index (χ0) is 17.1. The number of piperidine rings is 1. The van der Waals surface area contributed by atoms with Crippen LogP contribution < -0.4 is 0 Å². The second-order valence-electron chi connectivity index (χ2n) is 8.62. The zero-order valence-electron chi connectivity index (χ0n) is 16.0. The molecule has 2 unspecified atom stereocenters. The molecule has 138 valence electrons. The van der Waals surface area contributed by atoms with E-state index in [1.165, 1.54) is 70.9 Å². The van der Waals surface area contributed by atoms with Crippen LogP contribution in [0.4, 0.5) is 0 Å². The van der Waals surface area contributed by atoms with Gasteiger partial charge in [0.2, 0.25) is 5.91 Å². The number of rotatable bonds is 5. The van der Waals surface area contributed by atoms with Gasteiger partial charge in [-0.15, -0.1) is 0 Å². The summed E-state index contributed by atoms with van der Waals surface area (Å²) in [6, 6.07) is 1.68. The Balaban J connectivity index is 1.60. The second-order valence-corrected chi connectivity index (χ2v) is 8.62. The zero-order valence-corrected chi connectivity index (χ0v) is 16.0. The van der Waals surface area contributed by atoms with Gasteiger partial charge in [0.25, 0.3) is 0 Å². The fourth-order valence-electron chi connectivity index (χ4n) is 4.96. The van der Waals surface area contributed by atoms with Crippen molar-refractivity contribution >= 4 is 5.91 Å². The molecule has 1 amide bonds. The minimum atomic E-state index is 0.397. The quantitative estimate of drug-likeness (QED) is 0.773. The lowest BCUT2D eigenvalue weighted by Gasteiger charge is -2.47. The van der Waals surface area contributed by atoms with E-state index in [1.54, 1.807) is 0 Å². The molecule has 0 aromatic heterocycles. The van der Waals surface area contributed by atoms with E-state index in [9.17, 15) is 4.79 Å². The lowest BCUT2D eigenvalue weighted by Crippen LogP contribution is -2.56. The maximum absolute atomic E-state index is 12.7. The maximum atomic E-state index is 12.7. The summed E-state index contributed by atoms with van der Waals surface area (Å²) in [6.07, 6.45) is 12.2. The van der Waals surface area contributed by atoms with Crippen LogP contribution in [-0.2, 0) is 4.79 Å². The number of amides is 1. The number of carbonyl (C=O) groups excluding carboxylic acids is 1. The number of nitrogens with zero attached hydrogens (tertiary/aromatic N) is 3. The lowest BCUT2D eigenvalue weighted by molar-refractivity contribution is -0.136. The molecule has 2 aliphatic carbocycles. The van der Waals surface area contributed by atoms with Gasteiger partial charge in [0.05, 0.1) is 0 Å². The molecule has 24 heavy (non-hydrogen) atoms. The standard InChI is InChI=1S/C20H37N3O/c1-21-13-11-17(12-14-21)22(2)18-9-4-5-10-19(18)23(3)20(24)15-16-7-6-8-16/h16-19H,4-15H2,1-3H3. The van der Waals surface area contributed by atoms with Gasteiger partial charge in [-0.3, -0.25) is 9.69 Å². The molecule has 0 N–H and O–H groups in total. The molecule has 0 spiro atoms. The van der Waals surface area contributed by atoms with Crippen molar-refractivity contribution < 1.29 is 4.79 Å². The molecule has 4 nitrogen and oxygen atoms in total. The molecule has 3 aliphatic rings. The summed E-state index contributed by atoms with van der Waals surface area (Å²) in [7, 11) is 6.63. The van der Waals surface area contributed by atoms with Gasteiger partial charge in [0, 0.05) is 31.6 Å². The highest BCUT2D eigenvalue weighted by molar-refractivity contribution is 5.76. The van der Waals surface area contributed by atoms with Gasteiger partial charge in [-0.25, -0.2) is 0 Å². The van der Waals surface area contributed by atoms with Gasteiger partial charge in [0.1, 0.15) is 0 Å². The molecule has 2 atom stereocenters. The molecule has 1 saturated heterocycles. The van der Waals surface area contributed by atoms with Crippen LogP contribution in [0.1, 0.15) is 64.2 Å². The van der Waals surface area contributed by atoms with Crippen molar-refractivity contribution in [2.24, 2.45) is 5.92 Å². The number of likely N-dealkylation sites (tertiary alicyclic amines) is 1. The molecular formula is C20H37N3O. The summed E-state index contributed by atoms with van der Waals surface area (Å²) in [5.74, 6) is 1.07. The van der Waals surface area contributed by atoms with Gasteiger partial charge in [-0.05, 0) is 71.6 Å². The third-order valence-electron chi connectivity index (χ3n) is 7.06. The Morgan fingerprint density at radius 3 is 2.12 bits per heavy atom. The summed E-state index contributed by atoms with van der Waals surface area (Å²) in [5, 5.41) is 0. The SMILES string of the molecule is CN1CCC(N(C)C2CCCCC2N(C)C(=O)CC2CCC2)CC1. The monoisotopic (exact) mass is 335 g/mol. The molecule has 0 aromatic rings. The van der Waals surface area contributed by atoms with Crippen LogP contribution in [-0.4, -0.2) is 73.0 Å². The highest BCUT2D eigenvalue weighted by Crippen LogP contribution is 2.33. The summed E-state index contributed by atoms with van der Waals surface area (Å²) in [6.45, 7) is 2.42. The van der Waals surface area contributed by atoms with E-state index in [0.717, 1.165) is 6.42 Å². The van der Waals surface area contributed by atoms with Crippen molar-refractivity contribution in [2.75, 3.05) is 34.2 Å². The Hall–Kier alpha value is -0.610. The Morgan fingerprint density at radius 1 is 0.917 bits per heavy atom. The summed E-state index contributed by atoms with van der Waals surface area (Å²) >= 11 is 0. The Morgan fingerprint density at radius 2 is 1.54 bits per heavy atom. The van der Waals surface area contributed by atoms with Crippen molar-refractivity contribution in [3.63, 3.8) is 0 Å². The molecule has 3 rings (SSSR count). The summed E-state index contributed by atoms with van der Waals surface area (Å²) in [4.78, 5) is 20.0. The predicted molar refractivity (Wildman–Crippen MR) is 99.1 cm³/mol. The Bertz CT molecular complexity index is 415. The van der Waals surface area contributed by atoms with Crippen LogP contribution in [0.15, 0.2) is 0 Å². The smallest absolute Gasteiger partial charge is 0.222 e. The van der Waals surface area contributed by atoms with Crippen molar-refractivity contribution in [1.29, 1.82) is 0 Å². The van der Waals surface area contributed by atoms with Crippen LogP contribution in [0.25, 0.3) is 0 Å². The molecular weight excluding hydrogens is 298 g/mol. The first kappa shape index (κ1) is 18.2. The maximum Gasteiger partial charge on any atom is 0.222 e. The van der Waals surface area contributed by atoms with Gasteiger partial charge in [-0.2, -0.15) is 0 Å². The van der Waals surface area contributed by atoms with E-state index in [2.05, 4.69) is 35.8 Å². The average molecular weight is 336 g/mol.